The molecule has 0 unspecified atom stereocenters. The lowest BCUT2D eigenvalue weighted by molar-refractivity contribution is -0.140. The fourth-order valence-corrected chi connectivity index (χ4v) is 6.55. The lowest BCUT2D eigenvalue weighted by Crippen LogP contribution is -2.53. The molecule has 0 spiro atoms. The molecule has 0 radical (unpaired) electrons. The van der Waals surface area contributed by atoms with Crippen molar-refractivity contribution in [2.24, 2.45) is 5.92 Å². The summed E-state index contributed by atoms with van der Waals surface area (Å²) in [6, 6.07) is 28.2. The van der Waals surface area contributed by atoms with Gasteiger partial charge in [-0.05, 0) is 53.4 Å². The van der Waals surface area contributed by atoms with Crippen LogP contribution in [0.4, 0.5) is 5.69 Å². The summed E-state index contributed by atoms with van der Waals surface area (Å²) in [5, 5.41) is 3.39. The smallest absolute Gasteiger partial charge is 0.264 e. The molecule has 4 aromatic carbocycles. The maximum Gasteiger partial charge on any atom is 0.264 e. The van der Waals surface area contributed by atoms with Crippen LogP contribution in [0.1, 0.15) is 25.0 Å². The van der Waals surface area contributed by atoms with Gasteiger partial charge in [0.1, 0.15) is 12.6 Å². The molecule has 4 aromatic rings. The van der Waals surface area contributed by atoms with E-state index in [0.29, 0.717) is 17.3 Å². The van der Waals surface area contributed by atoms with E-state index in [1.54, 1.807) is 12.1 Å². The Labute approximate surface area is 282 Å². The molecule has 9 nitrogen and oxygen atoms in total. The van der Waals surface area contributed by atoms with Crippen molar-refractivity contribution in [3.8, 4) is 11.5 Å². The Morgan fingerprint density at radius 1 is 0.809 bits per heavy atom. The molecular weight excluding hydrogens is 638 g/mol. The number of methoxy groups -OCH3 is 2. The standard InChI is InChI=1S/C36H40ClN3O6S/c1-26(2)23-38-36(42)32(21-27-11-7-5-8-12-27)39(24-28-13-9-6-10-14-28)35(41)25-40(30-17-15-29(37)16-18-30)47(43,44)31-19-20-33(45-3)34(22-31)46-4/h5-20,22,26,32H,21,23-25H2,1-4H3,(H,38,42)/t32-/m1/s1. The maximum atomic E-state index is 14.5. The second-order valence-electron chi connectivity index (χ2n) is 11.4. The van der Waals surface area contributed by atoms with Crippen molar-refractivity contribution in [2.45, 2.75) is 37.8 Å². The van der Waals surface area contributed by atoms with E-state index in [-0.39, 0.29) is 41.1 Å². The van der Waals surface area contributed by atoms with E-state index in [0.717, 1.165) is 15.4 Å². The number of anilines is 1. The first-order chi connectivity index (χ1) is 22.5. The second-order valence-corrected chi connectivity index (χ2v) is 13.7. The molecule has 4 rings (SSSR count). The van der Waals surface area contributed by atoms with Gasteiger partial charge < -0.3 is 19.7 Å². The van der Waals surface area contributed by atoms with Crippen molar-refractivity contribution >= 4 is 39.1 Å². The van der Waals surface area contributed by atoms with Gasteiger partial charge in [0, 0.05) is 30.6 Å². The number of carbonyl (C=O) groups is 2. The number of sulfonamides is 1. The monoisotopic (exact) mass is 677 g/mol. The molecule has 0 heterocycles. The summed E-state index contributed by atoms with van der Waals surface area (Å²) in [7, 11) is -1.48. The minimum absolute atomic E-state index is 0.0805. The Morgan fingerprint density at radius 2 is 1.40 bits per heavy atom. The summed E-state index contributed by atoms with van der Waals surface area (Å²) in [4.78, 5) is 29.8. The first-order valence-corrected chi connectivity index (χ1v) is 17.0. The molecule has 2 amide bonds. The zero-order valence-corrected chi connectivity index (χ0v) is 28.5. The van der Waals surface area contributed by atoms with Crippen LogP contribution < -0.4 is 19.1 Å². The molecule has 0 saturated heterocycles. The summed E-state index contributed by atoms with van der Waals surface area (Å²) in [5.74, 6) is -0.139. The van der Waals surface area contributed by atoms with Crippen LogP contribution in [0.15, 0.2) is 108 Å². The van der Waals surface area contributed by atoms with E-state index in [1.807, 2.05) is 74.5 Å². The van der Waals surface area contributed by atoms with Crippen molar-refractivity contribution in [1.29, 1.82) is 0 Å². The highest BCUT2D eigenvalue weighted by Crippen LogP contribution is 2.33. The minimum atomic E-state index is -4.35. The van der Waals surface area contributed by atoms with E-state index >= 15 is 0 Å². The van der Waals surface area contributed by atoms with Gasteiger partial charge in [0.05, 0.1) is 24.8 Å². The summed E-state index contributed by atoms with van der Waals surface area (Å²) in [5.41, 5.74) is 1.87. The van der Waals surface area contributed by atoms with Crippen LogP contribution in [0.2, 0.25) is 5.02 Å². The van der Waals surface area contributed by atoms with Gasteiger partial charge >= 0.3 is 0 Å². The van der Waals surface area contributed by atoms with Crippen LogP contribution >= 0.6 is 11.6 Å². The second kappa shape index (κ2) is 16.3. The van der Waals surface area contributed by atoms with Crippen LogP contribution in [0.25, 0.3) is 0 Å². The van der Waals surface area contributed by atoms with Crippen LogP contribution in [-0.2, 0) is 32.6 Å². The first kappa shape index (κ1) is 35.3. The first-order valence-electron chi connectivity index (χ1n) is 15.2. The van der Waals surface area contributed by atoms with Gasteiger partial charge in [-0.25, -0.2) is 8.42 Å². The van der Waals surface area contributed by atoms with E-state index in [4.69, 9.17) is 21.1 Å². The number of halogens is 1. The van der Waals surface area contributed by atoms with Gasteiger partial charge in [-0.15, -0.1) is 0 Å². The molecule has 0 aliphatic rings. The molecule has 1 atom stereocenters. The van der Waals surface area contributed by atoms with Crippen molar-refractivity contribution in [3.63, 3.8) is 0 Å². The molecule has 0 bridgehead atoms. The van der Waals surface area contributed by atoms with E-state index < -0.39 is 28.5 Å². The molecule has 11 heteroatoms. The summed E-state index contributed by atoms with van der Waals surface area (Å²) >= 11 is 6.15. The highest BCUT2D eigenvalue weighted by Gasteiger charge is 2.35. The SMILES string of the molecule is COc1ccc(S(=O)(=O)N(CC(=O)N(Cc2ccccc2)[C@H](Cc2ccccc2)C(=O)NCC(C)C)c2ccc(Cl)cc2)cc1OC. The van der Waals surface area contributed by atoms with Crippen LogP contribution in [0.3, 0.4) is 0 Å². The van der Waals surface area contributed by atoms with Crippen molar-refractivity contribution in [1.82, 2.24) is 10.2 Å². The van der Waals surface area contributed by atoms with E-state index in [1.165, 1.54) is 49.5 Å². The van der Waals surface area contributed by atoms with Crippen LogP contribution in [0.5, 0.6) is 11.5 Å². The fraction of sp³-hybridized carbons (Fsp3) is 0.278. The molecular formula is C36H40ClN3O6S. The summed E-state index contributed by atoms with van der Waals surface area (Å²) in [6.45, 7) is 3.89. The number of benzene rings is 4. The highest BCUT2D eigenvalue weighted by atomic mass is 35.5. The quantitative estimate of drug-likeness (QED) is 0.166. The van der Waals surface area contributed by atoms with E-state index in [2.05, 4.69) is 5.32 Å². The molecule has 0 saturated carbocycles. The molecule has 248 valence electrons. The number of hydrogen-bond donors (Lipinski definition) is 1. The zero-order chi connectivity index (χ0) is 34.0. The molecule has 0 aliphatic carbocycles. The van der Waals surface area contributed by atoms with Crippen LogP contribution in [0, 0.1) is 5.92 Å². The summed E-state index contributed by atoms with van der Waals surface area (Å²) < 4.78 is 40.3. The lowest BCUT2D eigenvalue weighted by Gasteiger charge is -2.34. The number of amides is 2. The van der Waals surface area contributed by atoms with Gasteiger partial charge in [-0.1, -0.05) is 86.1 Å². The Morgan fingerprint density at radius 3 is 1.98 bits per heavy atom. The predicted molar refractivity (Wildman–Crippen MR) is 184 cm³/mol. The topological polar surface area (TPSA) is 105 Å². The number of ether oxygens (including phenoxy) is 2. The number of nitrogens with one attached hydrogen (secondary N) is 1. The molecule has 47 heavy (non-hydrogen) atoms. The Bertz CT molecular complexity index is 1740. The average Bonchev–Trinajstić information content (AvgIpc) is 3.08. The van der Waals surface area contributed by atoms with Gasteiger partial charge in [-0.2, -0.15) is 0 Å². The number of carbonyl (C=O) groups excluding carboxylic acids is 2. The maximum absolute atomic E-state index is 14.5. The summed E-state index contributed by atoms with van der Waals surface area (Å²) in [6.07, 6.45) is 0.229. The van der Waals surface area contributed by atoms with Crippen molar-refractivity contribution in [3.05, 3.63) is 119 Å². The minimum Gasteiger partial charge on any atom is -0.493 e. The van der Waals surface area contributed by atoms with E-state index in [9.17, 15) is 18.0 Å². The fourth-order valence-electron chi connectivity index (χ4n) is 5.00. The Hall–Kier alpha value is -4.54. The number of nitrogens with zero attached hydrogens (tertiary/aromatic N) is 2. The molecule has 1 N–H and O–H groups in total. The van der Waals surface area contributed by atoms with Gasteiger partial charge in [0.2, 0.25) is 11.8 Å². The van der Waals surface area contributed by atoms with Crippen molar-refractivity contribution in [2.75, 3.05) is 31.6 Å². The average molecular weight is 678 g/mol. The Kier molecular flexibility index (Phi) is 12.3. The number of rotatable bonds is 15. The molecule has 0 aromatic heterocycles. The van der Waals surface area contributed by atoms with Gasteiger partial charge in [0.15, 0.2) is 11.5 Å². The molecule has 0 fully saturated rings. The largest absolute Gasteiger partial charge is 0.493 e. The Balaban J connectivity index is 1.80. The third-order valence-corrected chi connectivity index (χ3v) is 9.51. The zero-order valence-electron chi connectivity index (χ0n) is 26.9. The third kappa shape index (κ3) is 9.27. The highest BCUT2D eigenvalue weighted by molar-refractivity contribution is 7.92. The van der Waals surface area contributed by atoms with Crippen molar-refractivity contribution < 1.29 is 27.5 Å². The normalized spacial score (nSPS) is 11.9. The third-order valence-electron chi connectivity index (χ3n) is 7.49. The predicted octanol–water partition coefficient (Wildman–Crippen LogP) is 5.96. The van der Waals surface area contributed by atoms with Gasteiger partial charge in [-0.3, -0.25) is 13.9 Å². The van der Waals surface area contributed by atoms with Gasteiger partial charge in [0.25, 0.3) is 10.0 Å². The number of hydrogen-bond acceptors (Lipinski definition) is 6. The lowest BCUT2D eigenvalue weighted by atomic mass is 10.0. The molecule has 0 aliphatic heterocycles. The van der Waals surface area contributed by atoms with Crippen LogP contribution in [-0.4, -0.2) is 58.5 Å².